The largest absolute Gasteiger partial charge is 0.391 e. The molecular formula is C40H56N8O9. The standard InChI is InChI=1S/C40H56N8O9/c1-6-23(3)33-38(55)45-29(19-27-16-12-9-13-17-27)37(54)43-22-31(51)44-28(18-26-14-10-8-11-15-26)36(53)42-20-30(50)41-21-32(52)46-35(25(5)49)40(57)48-34(24(4)7-2)39(56)47-33/h8-17,23-25,28-29,33-35,49H,6-7,18-22H2,1-5H3,(H,41,50)(H,42,53)(H,43,54)(H,44,51)(H,45,55)(H,46,52)(H,47,56)(H,48,57)/t23?,24?,25?,28-,29-,33+,34-,35-/m0/s1. The lowest BCUT2D eigenvalue weighted by Gasteiger charge is -2.31. The van der Waals surface area contributed by atoms with Crippen LogP contribution < -0.4 is 42.5 Å². The lowest BCUT2D eigenvalue weighted by molar-refractivity contribution is -0.137. The van der Waals surface area contributed by atoms with E-state index in [1.807, 2.05) is 6.92 Å². The lowest BCUT2D eigenvalue weighted by atomic mass is 9.94. The topological polar surface area (TPSA) is 253 Å². The molecule has 8 amide bonds. The molecule has 9 N–H and O–H groups in total. The van der Waals surface area contributed by atoms with Gasteiger partial charge in [0.25, 0.3) is 0 Å². The van der Waals surface area contributed by atoms with Crippen molar-refractivity contribution in [3.05, 3.63) is 71.8 Å². The van der Waals surface area contributed by atoms with E-state index in [0.717, 1.165) is 0 Å². The van der Waals surface area contributed by atoms with Crippen LogP contribution in [0.3, 0.4) is 0 Å². The van der Waals surface area contributed by atoms with Gasteiger partial charge in [-0.05, 0) is 29.9 Å². The van der Waals surface area contributed by atoms with Crippen LogP contribution in [0.5, 0.6) is 0 Å². The van der Waals surface area contributed by atoms with Crippen molar-refractivity contribution in [2.45, 2.75) is 96.6 Å². The fraction of sp³-hybridized carbons (Fsp3) is 0.500. The van der Waals surface area contributed by atoms with Crippen LogP contribution >= 0.6 is 0 Å². The number of carbonyl (C=O) groups excluding carboxylic acids is 8. The molecule has 17 nitrogen and oxygen atoms in total. The molecule has 3 unspecified atom stereocenters. The number of amides is 8. The van der Waals surface area contributed by atoms with E-state index in [4.69, 9.17) is 0 Å². The van der Waals surface area contributed by atoms with E-state index in [0.29, 0.717) is 24.0 Å². The first kappa shape index (κ1) is 45.5. The van der Waals surface area contributed by atoms with Crippen molar-refractivity contribution in [2.24, 2.45) is 11.8 Å². The molecule has 0 spiro atoms. The van der Waals surface area contributed by atoms with Crippen LogP contribution in [0.1, 0.15) is 58.6 Å². The van der Waals surface area contributed by atoms with Gasteiger partial charge in [-0.25, -0.2) is 0 Å². The molecule has 0 saturated carbocycles. The van der Waals surface area contributed by atoms with Gasteiger partial charge in [0.15, 0.2) is 0 Å². The van der Waals surface area contributed by atoms with Crippen LogP contribution in [-0.2, 0) is 51.2 Å². The monoisotopic (exact) mass is 792 g/mol. The Kier molecular flexibility index (Phi) is 18.1. The summed E-state index contributed by atoms with van der Waals surface area (Å²) in [6, 6.07) is 11.3. The van der Waals surface area contributed by atoms with E-state index in [1.165, 1.54) is 6.92 Å². The molecule has 57 heavy (non-hydrogen) atoms. The zero-order valence-corrected chi connectivity index (χ0v) is 33.1. The van der Waals surface area contributed by atoms with Crippen molar-refractivity contribution in [3.63, 3.8) is 0 Å². The third-order valence-electron chi connectivity index (χ3n) is 9.81. The van der Waals surface area contributed by atoms with E-state index in [2.05, 4.69) is 42.5 Å². The molecule has 0 aliphatic carbocycles. The number of hydrogen-bond donors (Lipinski definition) is 9. The second-order valence-corrected chi connectivity index (χ2v) is 14.3. The fourth-order valence-electron chi connectivity index (χ4n) is 5.97. The van der Waals surface area contributed by atoms with Crippen LogP contribution in [0, 0.1) is 11.8 Å². The zero-order chi connectivity index (χ0) is 42.1. The minimum atomic E-state index is -1.53. The highest BCUT2D eigenvalue weighted by molar-refractivity contribution is 5.97. The molecule has 0 bridgehead atoms. The Morgan fingerprint density at radius 1 is 0.491 bits per heavy atom. The summed E-state index contributed by atoms with van der Waals surface area (Å²) in [5.74, 6) is -6.95. The SMILES string of the molecule is CCC(C)[C@@H]1NC(=O)[C@H](C(C)O)NC(=O)CNC(=O)CNC(=O)[C@H](Cc2ccccc2)NC(=O)CNC(=O)[C@H](Cc2ccccc2)NC(=O)[C@@H](C(C)CC)NC1=O. The van der Waals surface area contributed by atoms with E-state index in [-0.39, 0.29) is 12.8 Å². The maximum Gasteiger partial charge on any atom is 0.245 e. The Balaban J connectivity index is 1.99. The van der Waals surface area contributed by atoms with Gasteiger partial charge >= 0.3 is 0 Å². The van der Waals surface area contributed by atoms with Gasteiger partial charge in [0.1, 0.15) is 30.2 Å². The molecule has 0 aromatic heterocycles. The van der Waals surface area contributed by atoms with Crippen molar-refractivity contribution < 1.29 is 43.5 Å². The van der Waals surface area contributed by atoms with Crippen molar-refractivity contribution in [3.8, 4) is 0 Å². The van der Waals surface area contributed by atoms with Gasteiger partial charge in [0, 0.05) is 12.8 Å². The second-order valence-electron chi connectivity index (χ2n) is 14.3. The van der Waals surface area contributed by atoms with Gasteiger partial charge in [0.05, 0.1) is 25.7 Å². The number of aliphatic hydroxyl groups is 1. The van der Waals surface area contributed by atoms with Crippen LogP contribution in [-0.4, -0.2) is 108 Å². The normalized spacial score (nSPS) is 24.4. The zero-order valence-electron chi connectivity index (χ0n) is 33.1. The van der Waals surface area contributed by atoms with Gasteiger partial charge in [0.2, 0.25) is 47.3 Å². The highest BCUT2D eigenvalue weighted by atomic mass is 16.3. The van der Waals surface area contributed by atoms with Gasteiger partial charge in [-0.2, -0.15) is 0 Å². The van der Waals surface area contributed by atoms with Crippen LogP contribution in [0.2, 0.25) is 0 Å². The van der Waals surface area contributed by atoms with Crippen molar-refractivity contribution in [1.29, 1.82) is 0 Å². The summed E-state index contributed by atoms with van der Waals surface area (Å²) >= 11 is 0. The molecule has 2 aromatic carbocycles. The molecule has 3 rings (SSSR count). The van der Waals surface area contributed by atoms with Gasteiger partial charge in [-0.3, -0.25) is 38.4 Å². The smallest absolute Gasteiger partial charge is 0.245 e. The van der Waals surface area contributed by atoms with Crippen molar-refractivity contribution in [2.75, 3.05) is 19.6 Å². The van der Waals surface area contributed by atoms with Crippen LogP contribution in [0.15, 0.2) is 60.7 Å². The average Bonchev–Trinajstić information content (AvgIpc) is 3.20. The summed E-state index contributed by atoms with van der Waals surface area (Å²) in [6.45, 7) is 6.57. The first-order valence-corrected chi connectivity index (χ1v) is 19.2. The number of rotatable bonds is 9. The van der Waals surface area contributed by atoms with Gasteiger partial charge < -0.3 is 47.6 Å². The predicted octanol–water partition coefficient (Wildman–Crippen LogP) is -1.27. The third kappa shape index (κ3) is 14.6. The van der Waals surface area contributed by atoms with Crippen molar-refractivity contribution >= 4 is 47.3 Å². The van der Waals surface area contributed by atoms with E-state index >= 15 is 0 Å². The minimum absolute atomic E-state index is 0.0281. The molecule has 0 radical (unpaired) electrons. The summed E-state index contributed by atoms with van der Waals surface area (Å²) in [7, 11) is 0. The molecule has 1 aliphatic heterocycles. The Bertz CT molecular complexity index is 1710. The number of carbonyl (C=O) groups is 8. The summed E-state index contributed by atoms with van der Waals surface area (Å²) in [4.78, 5) is 107. The lowest BCUT2D eigenvalue weighted by Crippen LogP contribution is -2.62. The summed E-state index contributed by atoms with van der Waals surface area (Å²) in [6.07, 6.45) is -0.496. The van der Waals surface area contributed by atoms with Crippen LogP contribution in [0.4, 0.5) is 0 Å². The average molecular weight is 793 g/mol. The van der Waals surface area contributed by atoms with E-state index < -0.39 is 115 Å². The molecule has 1 fully saturated rings. The molecule has 8 atom stereocenters. The Hall–Kier alpha value is -5.84. The highest BCUT2D eigenvalue weighted by Gasteiger charge is 2.36. The Labute approximate surface area is 332 Å². The quantitative estimate of drug-likeness (QED) is 0.147. The molecule has 1 heterocycles. The number of hydrogen-bond acceptors (Lipinski definition) is 9. The Morgan fingerprint density at radius 3 is 1.33 bits per heavy atom. The third-order valence-corrected chi connectivity index (χ3v) is 9.81. The molecule has 17 heteroatoms. The predicted molar refractivity (Wildman–Crippen MR) is 210 cm³/mol. The van der Waals surface area contributed by atoms with E-state index in [1.54, 1.807) is 81.4 Å². The fourth-order valence-corrected chi connectivity index (χ4v) is 5.97. The summed E-state index contributed by atoms with van der Waals surface area (Å²) in [5.41, 5.74) is 1.39. The van der Waals surface area contributed by atoms with Crippen LogP contribution in [0.25, 0.3) is 0 Å². The first-order valence-electron chi connectivity index (χ1n) is 19.2. The highest BCUT2D eigenvalue weighted by Crippen LogP contribution is 2.14. The van der Waals surface area contributed by atoms with Gasteiger partial charge in [-0.15, -0.1) is 0 Å². The van der Waals surface area contributed by atoms with Gasteiger partial charge in [-0.1, -0.05) is 101 Å². The minimum Gasteiger partial charge on any atom is -0.391 e. The van der Waals surface area contributed by atoms with Crippen molar-refractivity contribution in [1.82, 2.24) is 42.5 Å². The molecule has 1 aliphatic rings. The van der Waals surface area contributed by atoms with E-state index in [9.17, 15) is 43.5 Å². The number of benzene rings is 2. The summed E-state index contributed by atoms with van der Waals surface area (Å²) < 4.78 is 0. The number of aliphatic hydroxyl groups excluding tert-OH is 1. The molecule has 2 aromatic rings. The second kappa shape index (κ2) is 22.6. The Morgan fingerprint density at radius 2 is 0.877 bits per heavy atom. The maximum atomic E-state index is 14.0. The number of nitrogens with one attached hydrogen (secondary N) is 8. The molecule has 310 valence electrons. The first-order chi connectivity index (χ1) is 27.1. The molecular weight excluding hydrogens is 736 g/mol. The molecule has 1 saturated heterocycles. The summed E-state index contributed by atoms with van der Waals surface area (Å²) in [5, 5.41) is 30.8. The maximum absolute atomic E-state index is 14.0.